The first-order valence-corrected chi connectivity index (χ1v) is 14.3. The highest BCUT2D eigenvalue weighted by atomic mass is 32.2. The van der Waals surface area contributed by atoms with Gasteiger partial charge in [-0.2, -0.15) is 0 Å². The van der Waals surface area contributed by atoms with Gasteiger partial charge in [0, 0.05) is 28.1 Å². The molecule has 12 heteroatoms. The molecule has 0 unspecified atom stereocenters. The molecule has 0 aliphatic rings. The number of hydrogen-bond acceptors (Lipinski definition) is 8. The molecule has 38 heavy (non-hydrogen) atoms. The van der Waals surface area contributed by atoms with Crippen molar-refractivity contribution >= 4 is 44.1 Å². The van der Waals surface area contributed by atoms with Crippen molar-refractivity contribution in [1.82, 2.24) is 19.4 Å². The van der Waals surface area contributed by atoms with E-state index >= 15 is 4.39 Å². The first-order chi connectivity index (χ1) is 18.0. The fourth-order valence-electron chi connectivity index (χ4n) is 4.23. The van der Waals surface area contributed by atoms with E-state index in [0.717, 1.165) is 22.1 Å². The maximum absolute atomic E-state index is 15.2. The first-order valence-electron chi connectivity index (χ1n) is 11.8. The highest BCUT2D eigenvalue weighted by Crippen LogP contribution is 2.36. The summed E-state index contributed by atoms with van der Waals surface area (Å²) in [5.74, 6) is -0.121. The minimum absolute atomic E-state index is 0.0101. The van der Waals surface area contributed by atoms with Crippen molar-refractivity contribution in [2.24, 2.45) is 0 Å². The Kier molecular flexibility index (Phi) is 6.53. The summed E-state index contributed by atoms with van der Waals surface area (Å²) in [6.07, 6.45) is 1.67. The summed E-state index contributed by atoms with van der Waals surface area (Å²) in [6.45, 7) is 5.80. The van der Waals surface area contributed by atoms with Crippen molar-refractivity contribution in [2.75, 3.05) is 16.2 Å². The topological polar surface area (TPSA) is 141 Å². The number of imidazole rings is 1. The molecule has 2 aromatic carbocycles. The van der Waals surface area contributed by atoms with Crippen LogP contribution in [0, 0.1) is 12.7 Å². The Labute approximate surface area is 223 Å². The number of nitrogens with one attached hydrogen (secondary N) is 1. The lowest BCUT2D eigenvalue weighted by atomic mass is 10.1. The number of aromatic nitrogens is 4. The minimum Gasteiger partial charge on any atom is -0.399 e. The molecule has 0 bridgehead atoms. The average molecular weight is 552 g/mol. The van der Waals surface area contributed by atoms with Crippen LogP contribution < -0.4 is 16.2 Å². The summed E-state index contributed by atoms with van der Waals surface area (Å²) in [5, 5.41) is 2.42. The second kappa shape index (κ2) is 9.69. The van der Waals surface area contributed by atoms with Gasteiger partial charge in [0.25, 0.3) is 0 Å². The lowest BCUT2D eigenvalue weighted by Gasteiger charge is -2.12. The predicted molar refractivity (Wildman–Crippen MR) is 150 cm³/mol. The van der Waals surface area contributed by atoms with Gasteiger partial charge in [-0.3, -0.25) is 9.12 Å². The number of nitrogen functional groups attached to an aromatic ring is 2. The summed E-state index contributed by atoms with van der Waals surface area (Å²) in [4.78, 5) is 13.4. The standard InChI is InChI=1S/C26H26FN7O2S2/c1-14(2)26-32-23(24-25(29)30-11-22(34(24)26)16-4-7-18(28)8-5-16)17-6-9-21(20(27)10-17)33-38(35,36)13-19-12-37-15(3)31-19/h4-12,14,33H,13,28H2,1-3H3,(H2,29,30). The number of benzene rings is 2. The number of rotatable bonds is 7. The summed E-state index contributed by atoms with van der Waals surface area (Å²) < 4.78 is 44.7. The van der Waals surface area contributed by atoms with Gasteiger partial charge in [-0.05, 0) is 31.2 Å². The van der Waals surface area contributed by atoms with Crippen LogP contribution in [0.2, 0.25) is 0 Å². The van der Waals surface area contributed by atoms with Gasteiger partial charge < -0.3 is 11.5 Å². The maximum Gasteiger partial charge on any atom is 0.238 e. The molecule has 0 amide bonds. The van der Waals surface area contributed by atoms with Crippen LogP contribution in [0.15, 0.2) is 54.0 Å². The summed E-state index contributed by atoms with van der Waals surface area (Å²) in [7, 11) is -3.87. The second-order valence-corrected chi connectivity index (χ2v) is 12.0. The molecule has 0 atom stereocenters. The van der Waals surface area contributed by atoms with E-state index in [4.69, 9.17) is 16.5 Å². The minimum atomic E-state index is -3.87. The number of nitrogens with zero attached hydrogens (tertiary/aromatic N) is 4. The van der Waals surface area contributed by atoms with E-state index in [0.29, 0.717) is 28.2 Å². The molecule has 0 spiro atoms. The number of anilines is 3. The predicted octanol–water partition coefficient (Wildman–Crippen LogP) is 5.20. The number of halogens is 1. The largest absolute Gasteiger partial charge is 0.399 e. The van der Waals surface area contributed by atoms with Crippen molar-refractivity contribution < 1.29 is 12.8 Å². The lowest BCUT2D eigenvalue weighted by Crippen LogP contribution is -2.16. The van der Waals surface area contributed by atoms with Crippen LogP contribution in [0.25, 0.3) is 28.0 Å². The summed E-state index contributed by atoms with van der Waals surface area (Å²) >= 11 is 1.35. The normalized spacial score (nSPS) is 11.9. The molecular weight excluding hydrogens is 525 g/mol. The average Bonchev–Trinajstić information content (AvgIpc) is 3.45. The molecule has 196 valence electrons. The number of sulfonamides is 1. The van der Waals surface area contributed by atoms with Crippen LogP contribution in [0.5, 0.6) is 0 Å². The Morgan fingerprint density at radius 3 is 2.42 bits per heavy atom. The number of hydrogen-bond donors (Lipinski definition) is 3. The van der Waals surface area contributed by atoms with Gasteiger partial charge in [-0.15, -0.1) is 11.3 Å². The Hall–Kier alpha value is -4.03. The molecule has 0 fully saturated rings. The SMILES string of the molecule is Cc1nc(CS(=O)(=O)Nc2ccc(-c3nc(C(C)C)n4c(-c5ccc(N)cc5)cnc(N)c34)cc2F)cs1. The Morgan fingerprint density at radius 2 is 1.79 bits per heavy atom. The molecule has 5 aromatic rings. The van der Waals surface area contributed by atoms with Crippen molar-refractivity contribution in [2.45, 2.75) is 32.4 Å². The van der Waals surface area contributed by atoms with Crippen LogP contribution in [0.3, 0.4) is 0 Å². The second-order valence-electron chi connectivity index (χ2n) is 9.22. The third-order valence-corrected chi connectivity index (χ3v) is 7.98. The molecular formula is C26H26FN7O2S2. The van der Waals surface area contributed by atoms with Gasteiger partial charge in [-0.1, -0.05) is 32.0 Å². The van der Waals surface area contributed by atoms with Crippen molar-refractivity contribution in [3.05, 3.63) is 76.4 Å². The summed E-state index contributed by atoms with van der Waals surface area (Å²) in [5.41, 5.74) is 16.1. The quantitative estimate of drug-likeness (QED) is 0.236. The van der Waals surface area contributed by atoms with Gasteiger partial charge in [0.15, 0.2) is 0 Å². The first kappa shape index (κ1) is 25.6. The number of thiazole rings is 1. The molecule has 3 aromatic heterocycles. The monoisotopic (exact) mass is 551 g/mol. The molecule has 0 saturated heterocycles. The molecule has 3 heterocycles. The smallest absolute Gasteiger partial charge is 0.238 e. The van der Waals surface area contributed by atoms with E-state index in [9.17, 15) is 8.42 Å². The van der Waals surface area contributed by atoms with Gasteiger partial charge in [0.05, 0.1) is 28.3 Å². The van der Waals surface area contributed by atoms with Gasteiger partial charge in [0.1, 0.15) is 34.4 Å². The van der Waals surface area contributed by atoms with Crippen molar-refractivity contribution in [3.63, 3.8) is 0 Å². The lowest BCUT2D eigenvalue weighted by molar-refractivity contribution is 0.597. The molecule has 5 N–H and O–H groups in total. The highest BCUT2D eigenvalue weighted by molar-refractivity contribution is 7.91. The zero-order valence-electron chi connectivity index (χ0n) is 20.9. The zero-order chi connectivity index (χ0) is 27.2. The van der Waals surface area contributed by atoms with E-state index in [1.54, 1.807) is 36.7 Å². The third kappa shape index (κ3) is 4.92. The molecule has 5 rings (SSSR count). The van der Waals surface area contributed by atoms with Crippen LogP contribution >= 0.6 is 11.3 Å². The van der Waals surface area contributed by atoms with Crippen molar-refractivity contribution in [1.29, 1.82) is 0 Å². The van der Waals surface area contributed by atoms with Crippen molar-refractivity contribution in [3.8, 4) is 22.5 Å². The van der Waals surface area contributed by atoms with E-state index in [2.05, 4.69) is 14.7 Å². The fraction of sp³-hybridized carbons (Fsp3) is 0.192. The summed E-state index contributed by atoms with van der Waals surface area (Å²) in [6, 6.07) is 11.6. The number of fused-ring (bicyclic) bond motifs is 1. The molecule has 9 nitrogen and oxygen atoms in total. The molecule has 0 saturated carbocycles. The van der Waals surface area contributed by atoms with E-state index < -0.39 is 15.8 Å². The Balaban J connectivity index is 1.57. The van der Waals surface area contributed by atoms with Crippen LogP contribution in [0.1, 0.15) is 36.3 Å². The fourth-order valence-corrected chi connectivity index (χ4v) is 6.06. The maximum atomic E-state index is 15.2. The van der Waals surface area contributed by atoms with E-state index in [1.165, 1.54) is 23.5 Å². The van der Waals surface area contributed by atoms with E-state index in [-0.39, 0.29) is 23.2 Å². The van der Waals surface area contributed by atoms with E-state index in [1.807, 2.05) is 30.4 Å². The van der Waals surface area contributed by atoms with Crippen LogP contribution in [0.4, 0.5) is 21.6 Å². The molecule has 0 radical (unpaired) electrons. The van der Waals surface area contributed by atoms with Gasteiger partial charge >= 0.3 is 0 Å². The number of aryl methyl sites for hydroxylation is 1. The van der Waals surface area contributed by atoms with Crippen LogP contribution in [-0.4, -0.2) is 27.8 Å². The number of nitrogens with two attached hydrogens (primary N) is 2. The Morgan fingerprint density at radius 1 is 1.08 bits per heavy atom. The van der Waals surface area contributed by atoms with Crippen LogP contribution in [-0.2, 0) is 15.8 Å². The third-order valence-electron chi connectivity index (χ3n) is 5.95. The van der Waals surface area contributed by atoms with Gasteiger partial charge in [0.2, 0.25) is 10.0 Å². The van der Waals surface area contributed by atoms with Gasteiger partial charge in [-0.25, -0.2) is 27.8 Å². The molecule has 0 aliphatic heterocycles. The Bertz CT molecular complexity index is 1760. The zero-order valence-corrected chi connectivity index (χ0v) is 22.6. The highest BCUT2D eigenvalue weighted by Gasteiger charge is 2.23. The molecule has 0 aliphatic carbocycles.